The van der Waals surface area contributed by atoms with Crippen molar-refractivity contribution in [2.24, 2.45) is 0 Å². The summed E-state index contributed by atoms with van der Waals surface area (Å²) in [4.78, 5) is 0. The second kappa shape index (κ2) is 5.31. The molecular weight excluding hydrogens is 212 g/mol. The van der Waals surface area contributed by atoms with Crippen LogP contribution in [0, 0.1) is 11.3 Å². The molecule has 1 aliphatic carbocycles. The number of hydrogen-bond acceptors (Lipinski definition) is 3. The molecule has 1 saturated carbocycles. The van der Waals surface area contributed by atoms with Crippen LogP contribution >= 0.6 is 0 Å². The zero-order valence-corrected chi connectivity index (χ0v) is 10.2. The normalized spacial score (nSPS) is 17.2. The van der Waals surface area contributed by atoms with Gasteiger partial charge in [0, 0.05) is 20.2 Å². The lowest BCUT2D eigenvalue weighted by Gasteiger charge is -2.40. The van der Waals surface area contributed by atoms with Crippen LogP contribution in [0.5, 0.6) is 0 Å². The smallest absolute Gasteiger partial charge is 0.0991 e. The second-order valence-corrected chi connectivity index (χ2v) is 4.65. The summed E-state index contributed by atoms with van der Waals surface area (Å²) in [6, 6.07) is 9.81. The van der Waals surface area contributed by atoms with Crippen molar-refractivity contribution in [3.8, 4) is 6.07 Å². The highest BCUT2D eigenvalue weighted by molar-refractivity contribution is 5.31. The summed E-state index contributed by atoms with van der Waals surface area (Å²) in [5.74, 6) is 0. The first kappa shape index (κ1) is 12.1. The van der Waals surface area contributed by atoms with E-state index in [9.17, 15) is 0 Å². The quantitative estimate of drug-likeness (QED) is 0.843. The van der Waals surface area contributed by atoms with Gasteiger partial charge in [0.2, 0.25) is 0 Å². The van der Waals surface area contributed by atoms with Gasteiger partial charge in [-0.3, -0.25) is 0 Å². The summed E-state index contributed by atoms with van der Waals surface area (Å²) in [7, 11) is 1.79. The van der Waals surface area contributed by atoms with Gasteiger partial charge in [-0.05, 0) is 37.0 Å². The number of ether oxygens (including phenoxy) is 1. The number of nitrogens with one attached hydrogen (secondary N) is 1. The molecule has 1 aromatic rings. The van der Waals surface area contributed by atoms with Gasteiger partial charge in [0.1, 0.15) is 0 Å². The van der Waals surface area contributed by atoms with Crippen molar-refractivity contribution < 1.29 is 4.74 Å². The Balaban J connectivity index is 1.80. The van der Waals surface area contributed by atoms with E-state index in [4.69, 9.17) is 10.00 Å². The molecule has 0 spiro atoms. The Morgan fingerprint density at radius 3 is 2.53 bits per heavy atom. The largest absolute Gasteiger partial charge is 0.377 e. The van der Waals surface area contributed by atoms with Gasteiger partial charge in [0.15, 0.2) is 0 Å². The first-order chi connectivity index (χ1) is 8.28. The first-order valence-corrected chi connectivity index (χ1v) is 6.03. The predicted octanol–water partition coefficient (Wildman–Crippen LogP) is 2.22. The zero-order chi connectivity index (χ0) is 12.1. The molecule has 0 bridgehead atoms. The van der Waals surface area contributed by atoms with Crippen molar-refractivity contribution >= 4 is 0 Å². The third kappa shape index (κ3) is 2.85. The summed E-state index contributed by atoms with van der Waals surface area (Å²) in [5, 5.41) is 12.1. The van der Waals surface area contributed by atoms with Gasteiger partial charge in [-0.15, -0.1) is 0 Å². The van der Waals surface area contributed by atoms with E-state index in [1.165, 1.54) is 12.0 Å². The van der Waals surface area contributed by atoms with Crippen molar-refractivity contribution in [1.82, 2.24) is 5.32 Å². The molecule has 0 atom stereocenters. The van der Waals surface area contributed by atoms with E-state index in [0.717, 1.165) is 25.9 Å². The summed E-state index contributed by atoms with van der Waals surface area (Å²) >= 11 is 0. The maximum Gasteiger partial charge on any atom is 0.0991 e. The van der Waals surface area contributed by atoms with Crippen molar-refractivity contribution in [1.29, 1.82) is 5.26 Å². The fourth-order valence-electron chi connectivity index (χ4n) is 2.16. The fourth-order valence-corrected chi connectivity index (χ4v) is 2.16. The Morgan fingerprint density at radius 1 is 1.35 bits per heavy atom. The molecule has 2 rings (SSSR count). The minimum absolute atomic E-state index is 0.0760. The molecule has 1 N–H and O–H groups in total. The number of benzene rings is 1. The third-order valence-electron chi connectivity index (χ3n) is 3.56. The second-order valence-electron chi connectivity index (χ2n) is 4.65. The van der Waals surface area contributed by atoms with Crippen LogP contribution in [0.25, 0.3) is 0 Å². The maximum atomic E-state index is 8.70. The number of nitriles is 1. The Labute approximate surface area is 102 Å². The van der Waals surface area contributed by atoms with E-state index in [-0.39, 0.29) is 5.60 Å². The molecule has 1 fully saturated rings. The van der Waals surface area contributed by atoms with Gasteiger partial charge in [0.25, 0.3) is 0 Å². The molecule has 0 amide bonds. The van der Waals surface area contributed by atoms with Crippen LogP contribution in [0.4, 0.5) is 0 Å². The minimum Gasteiger partial charge on any atom is -0.377 e. The van der Waals surface area contributed by atoms with Gasteiger partial charge < -0.3 is 10.1 Å². The van der Waals surface area contributed by atoms with E-state index >= 15 is 0 Å². The first-order valence-electron chi connectivity index (χ1n) is 6.03. The van der Waals surface area contributed by atoms with Crippen LogP contribution < -0.4 is 5.32 Å². The Bertz CT molecular complexity index is 396. The van der Waals surface area contributed by atoms with Crippen LogP contribution in [0.3, 0.4) is 0 Å². The molecule has 0 radical (unpaired) electrons. The molecule has 0 aromatic heterocycles. The van der Waals surface area contributed by atoms with Crippen LogP contribution in [-0.4, -0.2) is 19.3 Å². The van der Waals surface area contributed by atoms with Crippen molar-refractivity contribution in [2.45, 2.75) is 31.4 Å². The lowest BCUT2D eigenvalue weighted by atomic mass is 9.80. The number of nitrogens with zero attached hydrogens (tertiary/aromatic N) is 1. The van der Waals surface area contributed by atoms with Gasteiger partial charge in [-0.25, -0.2) is 0 Å². The van der Waals surface area contributed by atoms with E-state index < -0.39 is 0 Å². The van der Waals surface area contributed by atoms with E-state index in [0.29, 0.717) is 5.56 Å². The lowest BCUT2D eigenvalue weighted by Crippen LogP contribution is -2.47. The highest BCUT2D eigenvalue weighted by atomic mass is 16.5. The summed E-state index contributed by atoms with van der Waals surface area (Å²) in [6.45, 7) is 1.74. The molecule has 90 valence electrons. The van der Waals surface area contributed by atoms with Crippen LogP contribution in [-0.2, 0) is 11.3 Å². The molecule has 17 heavy (non-hydrogen) atoms. The molecule has 0 unspecified atom stereocenters. The fraction of sp³-hybridized carbons (Fsp3) is 0.500. The lowest BCUT2D eigenvalue weighted by molar-refractivity contribution is -0.0695. The molecule has 1 aromatic carbocycles. The Hall–Kier alpha value is -1.37. The van der Waals surface area contributed by atoms with Crippen molar-refractivity contribution in [2.75, 3.05) is 13.7 Å². The van der Waals surface area contributed by atoms with Gasteiger partial charge in [0.05, 0.1) is 17.2 Å². The molecule has 1 aliphatic rings. The number of methoxy groups -OCH3 is 1. The summed E-state index contributed by atoms with van der Waals surface area (Å²) < 4.78 is 5.54. The van der Waals surface area contributed by atoms with E-state index in [2.05, 4.69) is 11.4 Å². The average Bonchev–Trinajstić information content (AvgIpc) is 2.33. The average molecular weight is 230 g/mol. The van der Waals surface area contributed by atoms with E-state index in [1.807, 2.05) is 24.3 Å². The number of hydrogen-bond donors (Lipinski definition) is 1. The SMILES string of the molecule is COC1(CNCc2ccc(C#N)cc2)CCC1. The highest BCUT2D eigenvalue weighted by Crippen LogP contribution is 2.34. The molecule has 0 saturated heterocycles. The van der Waals surface area contributed by atoms with Gasteiger partial charge in [-0.2, -0.15) is 5.26 Å². The van der Waals surface area contributed by atoms with E-state index in [1.54, 1.807) is 7.11 Å². The summed E-state index contributed by atoms with van der Waals surface area (Å²) in [5.41, 5.74) is 1.99. The monoisotopic (exact) mass is 230 g/mol. The Kier molecular flexibility index (Phi) is 3.78. The molecule has 0 aliphatic heterocycles. The Morgan fingerprint density at radius 2 is 2.06 bits per heavy atom. The minimum atomic E-state index is 0.0760. The van der Waals surface area contributed by atoms with Crippen molar-refractivity contribution in [3.05, 3.63) is 35.4 Å². The zero-order valence-electron chi connectivity index (χ0n) is 10.2. The molecule has 0 heterocycles. The van der Waals surface area contributed by atoms with Crippen molar-refractivity contribution in [3.63, 3.8) is 0 Å². The number of rotatable bonds is 5. The predicted molar refractivity (Wildman–Crippen MR) is 66.5 cm³/mol. The standard InChI is InChI=1S/C14H18N2O/c1-17-14(7-2-8-14)11-16-10-13-5-3-12(9-15)4-6-13/h3-6,16H,2,7-8,10-11H2,1H3. The maximum absolute atomic E-state index is 8.70. The van der Waals surface area contributed by atoms with Crippen LogP contribution in [0.15, 0.2) is 24.3 Å². The molecular formula is C14H18N2O. The highest BCUT2D eigenvalue weighted by Gasteiger charge is 2.36. The van der Waals surface area contributed by atoms with Gasteiger partial charge >= 0.3 is 0 Å². The van der Waals surface area contributed by atoms with Crippen LogP contribution in [0.1, 0.15) is 30.4 Å². The molecule has 3 nitrogen and oxygen atoms in total. The van der Waals surface area contributed by atoms with Gasteiger partial charge in [-0.1, -0.05) is 12.1 Å². The molecule has 3 heteroatoms. The topological polar surface area (TPSA) is 45.0 Å². The summed E-state index contributed by atoms with van der Waals surface area (Å²) in [6.07, 6.45) is 3.58. The van der Waals surface area contributed by atoms with Crippen LogP contribution in [0.2, 0.25) is 0 Å². The third-order valence-corrected chi connectivity index (χ3v) is 3.56.